The van der Waals surface area contributed by atoms with Crippen molar-refractivity contribution in [3.05, 3.63) is 64.7 Å². The first-order valence-electron chi connectivity index (χ1n) is 6.38. The lowest BCUT2D eigenvalue weighted by Crippen LogP contribution is -2.06. The third-order valence-corrected chi connectivity index (χ3v) is 3.00. The number of ether oxygens (including phenoxy) is 1. The van der Waals surface area contributed by atoms with Gasteiger partial charge in [0, 0.05) is 18.1 Å². The molecule has 0 aliphatic rings. The van der Waals surface area contributed by atoms with Crippen molar-refractivity contribution in [2.45, 2.75) is 20.8 Å². The summed E-state index contributed by atoms with van der Waals surface area (Å²) in [5.74, 6) is -0.0878. The molecule has 3 nitrogen and oxygen atoms in total. The zero-order valence-corrected chi connectivity index (χ0v) is 11.8. The molecule has 0 aliphatic carbocycles. The summed E-state index contributed by atoms with van der Waals surface area (Å²) in [6.07, 6.45) is 0. The van der Waals surface area contributed by atoms with Crippen LogP contribution in [0.25, 0.3) is 0 Å². The Kier molecular flexibility index (Phi) is 3.99. The van der Waals surface area contributed by atoms with Gasteiger partial charge in [0.1, 0.15) is 5.75 Å². The molecule has 3 heteroatoms. The molecule has 102 valence electrons. The maximum absolute atomic E-state index is 12.5. The van der Waals surface area contributed by atoms with Gasteiger partial charge in [-0.05, 0) is 37.6 Å². The second-order valence-corrected chi connectivity index (χ2v) is 4.77. The topological polar surface area (TPSA) is 43.4 Å². The van der Waals surface area contributed by atoms with Gasteiger partial charge in [-0.3, -0.25) is 9.59 Å². The SMILES string of the molecule is CC(=O)Oc1cccc(C(=O)c2cc(C)ccc2C)c1. The van der Waals surface area contributed by atoms with E-state index in [9.17, 15) is 9.59 Å². The molecule has 0 spiro atoms. The third kappa shape index (κ3) is 3.12. The van der Waals surface area contributed by atoms with Gasteiger partial charge in [0.15, 0.2) is 5.78 Å². The number of carbonyl (C=O) groups excluding carboxylic acids is 2. The van der Waals surface area contributed by atoms with Crippen molar-refractivity contribution >= 4 is 11.8 Å². The summed E-state index contributed by atoms with van der Waals surface area (Å²) < 4.78 is 5.00. The van der Waals surface area contributed by atoms with Gasteiger partial charge in [-0.15, -0.1) is 0 Å². The zero-order chi connectivity index (χ0) is 14.7. The standard InChI is InChI=1S/C17H16O3/c1-11-7-8-12(2)16(9-11)17(19)14-5-4-6-15(10-14)20-13(3)18/h4-10H,1-3H3. The van der Waals surface area contributed by atoms with Crippen molar-refractivity contribution < 1.29 is 14.3 Å². The Morgan fingerprint density at radius 3 is 2.45 bits per heavy atom. The highest BCUT2D eigenvalue weighted by molar-refractivity contribution is 6.10. The van der Waals surface area contributed by atoms with Crippen molar-refractivity contribution in [1.29, 1.82) is 0 Å². The Morgan fingerprint density at radius 2 is 1.75 bits per heavy atom. The monoisotopic (exact) mass is 268 g/mol. The molecule has 0 saturated heterocycles. The second kappa shape index (κ2) is 5.70. The number of benzene rings is 2. The number of carbonyl (C=O) groups is 2. The van der Waals surface area contributed by atoms with E-state index in [1.54, 1.807) is 24.3 Å². The van der Waals surface area contributed by atoms with Crippen LogP contribution in [-0.4, -0.2) is 11.8 Å². The Balaban J connectivity index is 2.38. The summed E-state index contributed by atoms with van der Waals surface area (Å²) >= 11 is 0. The minimum absolute atomic E-state index is 0.0693. The fourth-order valence-corrected chi connectivity index (χ4v) is 2.00. The van der Waals surface area contributed by atoms with Gasteiger partial charge in [-0.25, -0.2) is 0 Å². The van der Waals surface area contributed by atoms with Crippen LogP contribution in [0.5, 0.6) is 5.75 Å². The van der Waals surface area contributed by atoms with Crippen LogP contribution in [0.1, 0.15) is 34.0 Å². The highest BCUT2D eigenvalue weighted by atomic mass is 16.5. The highest BCUT2D eigenvalue weighted by Gasteiger charge is 2.13. The van der Waals surface area contributed by atoms with Gasteiger partial charge >= 0.3 is 5.97 Å². The first-order chi connectivity index (χ1) is 9.47. The predicted molar refractivity (Wildman–Crippen MR) is 77.1 cm³/mol. The predicted octanol–water partition coefficient (Wildman–Crippen LogP) is 3.46. The molecule has 0 radical (unpaired) electrons. The molecule has 0 atom stereocenters. The summed E-state index contributed by atoms with van der Waals surface area (Å²) in [5.41, 5.74) is 3.15. The van der Waals surface area contributed by atoms with Crippen molar-refractivity contribution in [3.63, 3.8) is 0 Å². The van der Waals surface area contributed by atoms with E-state index in [-0.39, 0.29) is 5.78 Å². The van der Waals surface area contributed by atoms with Crippen LogP contribution in [0.3, 0.4) is 0 Å². The van der Waals surface area contributed by atoms with E-state index in [0.717, 1.165) is 11.1 Å². The van der Waals surface area contributed by atoms with Crippen LogP contribution < -0.4 is 4.74 Å². The Hall–Kier alpha value is -2.42. The number of hydrogen-bond acceptors (Lipinski definition) is 3. The molecule has 2 aromatic rings. The number of hydrogen-bond donors (Lipinski definition) is 0. The molecule has 0 heterocycles. The molecule has 0 saturated carbocycles. The molecule has 0 bridgehead atoms. The molecule has 2 rings (SSSR count). The Labute approximate surface area is 118 Å². The number of esters is 1. The molecule has 0 fully saturated rings. The Bertz CT molecular complexity index is 672. The second-order valence-electron chi connectivity index (χ2n) is 4.77. The molecule has 20 heavy (non-hydrogen) atoms. The minimum Gasteiger partial charge on any atom is -0.427 e. The minimum atomic E-state index is -0.402. The molecular weight excluding hydrogens is 252 g/mol. The van der Waals surface area contributed by atoms with Gasteiger partial charge in [0.2, 0.25) is 0 Å². The summed E-state index contributed by atoms with van der Waals surface area (Å²) in [7, 11) is 0. The Morgan fingerprint density at radius 1 is 1.00 bits per heavy atom. The van der Waals surface area contributed by atoms with Crippen LogP contribution >= 0.6 is 0 Å². The molecule has 0 N–H and O–H groups in total. The lowest BCUT2D eigenvalue weighted by atomic mass is 9.97. The van der Waals surface area contributed by atoms with Crippen LogP contribution in [0.4, 0.5) is 0 Å². The van der Waals surface area contributed by atoms with Crippen molar-refractivity contribution in [3.8, 4) is 5.75 Å². The summed E-state index contributed by atoms with van der Waals surface area (Å²) in [6, 6.07) is 12.4. The molecule has 0 aromatic heterocycles. The van der Waals surface area contributed by atoms with E-state index in [1.165, 1.54) is 6.92 Å². The molecule has 0 amide bonds. The maximum atomic E-state index is 12.5. The first kappa shape index (κ1) is 14.0. The molecule has 2 aromatic carbocycles. The molecular formula is C17H16O3. The normalized spacial score (nSPS) is 10.2. The number of rotatable bonds is 3. The number of aryl methyl sites for hydroxylation is 2. The van der Waals surface area contributed by atoms with Crippen molar-refractivity contribution in [1.82, 2.24) is 0 Å². The van der Waals surface area contributed by atoms with E-state index in [2.05, 4.69) is 0 Å². The van der Waals surface area contributed by atoms with Crippen LogP contribution in [-0.2, 0) is 4.79 Å². The van der Waals surface area contributed by atoms with Crippen LogP contribution in [0.2, 0.25) is 0 Å². The lowest BCUT2D eigenvalue weighted by Gasteiger charge is -2.08. The quantitative estimate of drug-likeness (QED) is 0.486. The van der Waals surface area contributed by atoms with Crippen molar-refractivity contribution in [2.75, 3.05) is 0 Å². The van der Waals surface area contributed by atoms with Gasteiger partial charge in [0.25, 0.3) is 0 Å². The van der Waals surface area contributed by atoms with Gasteiger partial charge in [-0.2, -0.15) is 0 Å². The van der Waals surface area contributed by atoms with Crippen LogP contribution in [0, 0.1) is 13.8 Å². The molecule has 0 aliphatic heterocycles. The average molecular weight is 268 g/mol. The lowest BCUT2D eigenvalue weighted by molar-refractivity contribution is -0.131. The molecule has 0 unspecified atom stereocenters. The number of ketones is 1. The van der Waals surface area contributed by atoms with E-state index in [1.807, 2.05) is 32.0 Å². The fraction of sp³-hybridized carbons (Fsp3) is 0.176. The van der Waals surface area contributed by atoms with E-state index < -0.39 is 5.97 Å². The largest absolute Gasteiger partial charge is 0.427 e. The zero-order valence-electron chi connectivity index (χ0n) is 11.8. The highest BCUT2D eigenvalue weighted by Crippen LogP contribution is 2.19. The van der Waals surface area contributed by atoms with Crippen LogP contribution in [0.15, 0.2) is 42.5 Å². The fourth-order valence-electron chi connectivity index (χ4n) is 2.00. The van der Waals surface area contributed by atoms with Gasteiger partial charge in [-0.1, -0.05) is 29.8 Å². The van der Waals surface area contributed by atoms with Gasteiger partial charge in [0.05, 0.1) is 0 Å². The summed E-state index contributed by atoms with van der Waals surface area (Å²) in [4.78, 5) is 23.5. The maximum Gasteiger partial charge on any atom is 0.308 e. The van der Waals surface area contributed by atoms with Gasteiger partial charge < -0.3 is 4.74 Å². The van der Waals surface area contributed by atoms with E-state index in [4.69, 9.17) is 4.74 Å². The summed E-state index contributed by atoms with van der Waals surface area (Å²) in [6.45, 7) is 5.19. The van der Waals surface area contributed by atoms with Crippen molar-refractivity contribution in [2.24, 2.45) is 0 Å². The smallest absolute Gasteiger partial charge is 0.308 e. The van der Waals surface area contributed by atoms with E-state index in [0.29, 0.717) is 16.9 Å². The average Bonchev–Trinajstić information content (AvgIpc) is 2.40. The first-order valence-corrected chi connectivity index (χ1v) is 6.38. The summed E-state index contributed by atoms with van der Waals surface area (Å²) in [5, 5.41) is 0. The third-order valence-electron chi connectivity index (χ3n) is 3.00. The van der Waals surface area contributed by atoms with E-state index >= 15 is 0 Å².